The fraction of sp³-hybridized carbons (Fsp3) is 0.460. The van der Waals surface area contributed by atoms with Crippen LogP contribution in [0.15, 0.2) is 95.6 Å². The van der Waals surface area contributed by atoms with Gasteiger partial charge >= 0.3 is 12.1 Å². The number of hydrogen-bond acceptors (Lipinski definition) is 24. The van der Waals surface area contributed by atoms with Gasteiger partial charge in [0.05, 0.1) is 95.3 Å². The molecule has 3 aromatic carbocycles. The first-order chi connectivity index (χ1) is 60.9. The quantitative estimate of drug-likeness (QED) is 0.0256. The van der Waals surface area contributed by atoms with Crippen LogP contribution in [0.1, 0.15) is 105 Å². The summed E-state index contributed by atoms with van der Waals surface area (Å²) in [7, 11) is 13.0. The van der Waals surface area contributed by atoms with Gasteiger partial charge < -0.3 is 100 Å². The summed E-state index contributed by atoms with van der Waals surface area (Å²) in [5.41, 5.74) is 11.7. The van der Waals surface area contributed by atoms with Crippen molar-refractivity contribution in [1.29, 1.82) is 0 Å². The highest BCUT2D eigenvalue weighted by molar-refractivity contribution is 6.28. The molecule has 0 unspecified atom stereocenters. The van der Waals surface area contributed by atoms with Gasteiger partial charge in [-0.1, -0.05) is 38.1 Å². The first kappa shape index (κ1) is 102. The van der Waals surface area contributed by atoms with Gasteiger partial charge in [-0.2, -0.15) is 0 Å². The number of aliphatic carboxylic acids is 1. The van der Waals surface area contributed by atoms with E-state index in [1.165, 1.54) is 101 Å². The van der Waals surface area contributed by atoms with Crippen molar-refractivity contribution in [3.05, 3.63) is 124 Å². The van der Waals surface area contributed by atoms with E-state index in [0.717, 1.165) is 84.6 Å². The van der Waals surface area contributed by atoms with Crippen LogP contribution < -0.4 is 36.6 Å². The number of aryl methyl sites for hydroxylation is 1. The maximum atomic E-state index is 13.6. The van der Waals surface area contributed by atoms with Gasteiger partial charge in [-0.15, -0.1) is 0 Å². The van der Waals surface area contributed by atoms with E-state index in [2.05, 4.69) is 31.2 Å². The topological polar surface area (TPSA) is 505 Å². The van der Waals surface area contributed by atoms with Crippen LogP contribution in [0.2, 0.25) is 0 Å². The molecule has 3 aliphatic heterocycles. The van der Waals surface area contributed by atoms with E-state index in [4.69, 9.17) is 20.3 Å². The van der Waals surface area contributed by atoms with E-state index in [1.807, 2.05) is 18.7 Å². The summed E-state index contributed by atoms with van der Waals surface area (Å²) >= 11 is 0. The van der Waals surface area contributed by atoms with E-state index in [0.29, 0.717) is 76.5 Å². The maximum absolute atomic E-state index is 13.6. The number of rotatable bonds is 43. The molecule has 0 fully saturated rings. The number of carboxylic acids is 1. The number of imide groups is 1. The number of likely N-dealkylation sites (N-methyl/N-ethyl adjacent to an activating group) is 10. The van der Waals surface area contributed by atoms with Gasteiger partial charge in [-0.3, -0.25) is 91.3 Å². The zero-order valence-corrected chi connectivity index (χ0v) is 75.1. The molecular formula is C87H114N20O22. The van der Waals surface area contributed by atoms with Crippen LogP contribution in [0.5, 0.6) is 5.75 Å². The number of nitrogens with zero attached hydrogens (tertiary/aromatic N) is 15. The number of amidine groups is 1. The monoisotopic (exact) mass is 1790 g/mol. The number of fused-ring (bicyclic) bond motifs is 2. The molecule has 42 nitrogen and oxygen atoms in total. The van der Waals surface area contributed by atoms with Crippen LogP contribution in [-0.4, -0.2) is 361 Å². The summed E-state index contributed by atoms with van der Waals surface area (Å²) < 4.78 is 11.8. The molecule has 694 valence electrons. The first-order valence-electron chi connectivity index (χ1n) is 41.5. The lowest BCUT2D eigenvalue weighted by Crippen LogP contribution is -2.50. The fourth-order valence-corrected chi connectivity index (χ4v) is 13.1. The Bertz CT molecular complexity index is 5010. The van der Waals surface area contributed by atoms with E-state index in [9.17, 15) is 91.1 Å². The maximum Gasteiger partial charge on any atom is 0.410 e. The number of ether oxygens (including phenoxy) is 2. The molecule has 0 spiro atoms. The minimum Gasteiger partial charge on any atom is -0.493 e. The first-order valence-corrected chi connectivity index (χ1v) is 41.5. The van der Waals surface area contributed by atoms with Gasteiger partial charge in [0, 0.05) is 162 Å². The minimum absolute atomic E-state index is 0.0287. The third-order valence-corrected chi connectivity index (χ3v) is 21.0. The Morgan fingerprint density at radius 3 is 1.51 bits per heavy atom. The Morgan fingerprint density at radius 2 is 1.02 bits per heavy atom. The van der Waals surface area contributed by atoms with Crippen molar-refractivity contribution in [2.24, 2.45) is 10.7 Å². The lowest BCUT2D eigenvalue weighted by molar-refractivity contribution is -0.147. The van der Waals surface area contributed by atoms with Gasteiger partial charge in [0.1, 0.15) is 36.8 Å². The zero-order chi connectivity index (χ0) is 95.4. The number of aromatic nitrogens is 1. The van der Waals surface area contributed by atoms with Crippen LogP contribution in [0, 0.1) is 0 Å². The summed E-state index contributed by atoms with van der Waals surface area (Å²) in [5.74, 6) is -10.9. The Kier molecular flexibility index (Phi) is 37.6. The molecule has 7 N–H and O–H groups in total. The van der Waals surface area contributed by atoms with Crippen LogP contribution in [0.4, 0.5) is 27.5 Å². The van der Waals surface area contributed by atoms with Gasteiger partial charge in [-0.25, -0.2) is 14.7 Å². The number of anilines is 3. The number of carbonyl (C=O) groups excluding carboxylic acids is 18. The Labute approximate surface area is 746 Å². The molecule has 129 heavy (non-hydrogen) atoms. The molecule has 7 rings (SSSR count). The summed E-state index contributed by atoms with van der Waals surface area (Å²) in [5, 5.41) is 19.7. The van der Waals surface area contributed by atoms with Gasteiger partial charge in [-0.05, 0) is 98.7 Å². The van der Waals surface area contributed by atoms with Crippen LogP contribution in [-0.2, 0) is 112 Å². The highest BCUT2D eigenvalue weighted by Gasteiger charge is 2.32. The number of carbonyl (C=O) groups is 19. The molecule has 3 aliphatic rings. The normalized spacial score (nSPS) is 12.9. The molecule has 0 radical (unpaired) electrons. The average molecular weight is 1790 g/mol. The highest BCUT2D eigenvalue weighted by atomic mass is 16.6. The van der Waals surface area contributed by atoms with Crippen molar-refractivity contribution >= 4 is 147 Å². The summed E-state index contributed by atoms with van der Waals surface area (Å²) in [6.07, 6.45) is 6.97. The molecule has 2 atom stereocenters. The number of amides is 18. The molecule has 0 aliphatic carbocycles. The number of nitrogens with one attached hydrogen (secondary N) is 4. The predicted octanol–water partition coefficient (Wildman–Crippen LogP) is 0.291. The number of hydrogen-bond donors (Lipinski definition) is 6. The van der Waals surface area contributed by atoms with Crippen molar-refractivity contribution in [2.45, 2.75) is 104 Å². The number of aliphatic imine (C=N–C) groups is 1. The van der Waals surface area contributed by atoms with E-state index in [1.54, 1.807) is 66.9 Å². The molecule has 4 aromatic rings. The third-order valence-electron chi connectivity index (χ3n) is 21.0. The SMILES string of the molecule is CCCN(CCC)C(=O)C1=Cc2ccc(C(=O)Nc3cnc4c(c3)CN(C(=O)OCc3ccc(NC(=O)[C@H](C)NC(=O)[C@H](C)NC(=O)CCc5ccc(N6C(=O)C=CC6=O)cc5OCCCC(=O)N(C)CC(=O)N(C)CC(=O)N(C)CC(=O)N(C)CC(=O)N(C)CC(=O)N(C)CC(=O)N(C)CC(=O)N(C)CC(=O)N(C)CC(=O)N(C)CC(=O)O)cc3)CC4)cc2N=C(N)C1. The molecule has 0 bridgehead atoms. The van der Waals surface area contributed by atoms with Crippen molar-refractivity contribution in [1.82, 2.24) is 74.4 Å². The summed E-state index contributed by atoms with van der Waals surface area (Å²) in [6, 6.07) is 15.5. The van der Waals surface area contributed by atoms with Gasteiger partial charge in [0.2, 0.25) is 82.7 Å². The predicted molar refractivity (Wildman–Crippen MR) is 469 cm³/mol. The highest BCUT2D eigenvalue weighted by Crippen LogP contribution is 2.32. The smallest absolute Gasteiger partial charge is 0.410 e. The zero-order valence-electron chi connectivity index (χ0n) is 75.1. The van der Waals surface area contributed by atoms with Crippen molar-refractivity contribution in [3.8, 4) is 5.75 Å². The Morgan fingerprint density at radius 1 is 0.543 bits per heavy atom. The number of benzene rings is 3. The van der Waals surface area contributed by atoms with Crippen molar-refractivity contribution in [3.63, 3.8) is 0 Å². The largest absolute Gasteiger partial charge is 0.493 e. The van der Waals surface area contributed by atoms with Crippen LogP contribution >= 0.6 is 0 Å². The van der Waals surface area contributed by atoms with E-state index < -0.39 is 184 Å². The molecule has 0 saturated heterocycles. The summed E-state index contributed by atoms with van der Waals surface area (Å²) in [6.45, 7) is 3.42. The minimum atomic E-state index is -1.24. The standard InChI is InChI=1S/C87H114N20O22/c1-15-32-105(33-16-2)86(126)60-36-58-21-22-59(38-66(58)94-68(88)39-60)85(125)93-63-37-61-42-106(34-31-65(61)89-41-63)87(127)129-53-56-19-25-62(26-20-56)92-84(124)55(4)91-83(123)54(3)90-69(108)28-24-57-23-27-64(107-71(110)29-30-72(107)111)40-67(57)128-35-17-18-70(109)95(5)43-73(112)96(6)44-74(113)97(7)45-75(114)98(8)46-76(115)99(9)47-77(116)100(10)48-78(117)101(11)49-79(118)102(12)50-80(119)103(13)51-81(120)104(14)52-82(121)122/h19-23,25-27,29-30,36-38,40-41,54-55H,15-18,24,28,31-35,39,42-53H2,1-14H3,(H2,88,94)(H,90,108)(H,91,123)(H,92,124)(H,93,125)(H,121,122)/t54-,55-/m0/s1. The third kappa shape index (κ3) is 30.4. The summed E-state index contributed by atoms with van der Waals surface area (Å²) in [4.78, 5) is 271. The van der Waals surface area contributed by atoms with E-state index in [-0.39, 0.29) is 75.0 Å². The molecule has 18 amide bonds. The average Bonchev–Trinajstić information content (AvgIpc) is 1.41. The van der Waals surface area contributed by atoms with Gasteiger partial charge in [0.15, 0.2) is 0 Å². The second kappa shape index (κ2) is 47.7. The van der Waals surface area contributed by atoms with Crippen molar-refractivity contribution < 1.29 is 106 Å². The van der Waals surface area contributed by atoms with Crippen molar-refractivity contribution in [2.75, 3.05) is 178 Å². The van der Waals surface area contributed by atoms with Gasteiger partial charge in [0.25, 0.3) is 17.7 Å². The molecule has 0 saturated carbocycles. The number of carboxylic acid groups (broad SMARTS) is 1. The molecule has 42 heteroatoms. The lowest BCUT2D eigenvalue weighted by Gasteiger charge is -2.28. The second-order valence-corrected chi connectivity index (χ2v) is 31.7. The molecule has 1 aromatic heterocycles. The van der Waals surface area contributed by atoms with E-state index >= 15 is 0 Å². The Hall–Kier alpha value is -14.5. The molecular weight excluding hydrogens is 1680 g/mol. The number of nitrogens with two attached hydrogens (primary N) is 1. The number of pyridine rings is 1. The Balaban J connectivity index is 0.785. The fourth-order valence-electron chi connectivity index (χ4n) is 13.1. The van der Waals surface area contributed by atoms with Crippen LogP contribution in [0.3, 0.4) is 0 Å². The molecule has 4 heterocycles. The second-order valence-electron chi connectivity index (χ2n) is 31.7. The van der Waals surface area contributed by atoms with Crippen LogP contribution in [0.25, 0.3) is 6.08 Å². The lowest BCUT2D eigenvalue weighted by atomic mass is 10.0.